The molecule has 2 fully saturated rings. The van der Waals surface area contributed by atoms with Crippen molar-refractivity contribution in [2.45, 2.75) is 46.1 Å². The van der Waals surface area contributed by atoms with E-state index in [9.17, 15) is 0 Å². The van der Waals surface area contributed by atoms with Crippen LogP contribution >= 0.6 is 0 Å². The summed E-state index contributed by atoms with van der Waals surface area (Å²) in [6.07, 6.45) is 4.04. The van der Waals surface area contributed by atoms with Gasteiger partial charge >= 0.3 is 0 Å². The lowest BCUT2D eigenvalue weighted by Crippen LogP contribution is -2.54. The van der Waals surface area contributed by atoms with Gasteiger partial charge in [0.1, 0.15) is 0 Å². The van der Waals surface area contributed by atoms with E-state index in [1.165, 1.54) is 58.5 Å². The Balaban J connectivity index is 1.88. The summed E-state index contributed by atoms with van der Waals surface area (Å²) < 4.78 is 0. The van der Waals surface area contributed by atoms with Gasteiger partial charge in [-0.2, -0.15) is 0 Å². The van der Waals surface area contributed by atoms with Gasteiger partial charge in [0.15, 0.2) is 0 Å². The zero-order valence-corrected chi connectivity index (χ0v) is 13.4. The van der Waals surface area contributed by atoms with Crippen LogP contribution in [0.15, 0.2) is 0 Å². The highest BCUT2D eigenvalue weighted by atomic mass is 15.3. The van der Waals surface area contributed by atoms with E-state index in [4.69, 9.17) is 0 Å². The summed E-state index contributed by atoms with van der Waals surface area (Å²) in [5.41, 5.74) is 0.446. The quantitative estimate of drug-likeness (QED) is 0.841. The van der Waals surface area contributed by atoms with E-state index < -0.39 is 0 Å². The highest BCUT2D eigenvalue weighted by Gasteiger charge is 2.34. The Morgan fingerprint density at radius 2 is 2.05 bits per heavy atom. The van der Waals surface area contributed by atoms with Crippen molar-refractivity contribution in [2.24, 2.45) is 11.3 Å². The first kappa shape index (κ1) is 15.3. The molecule has 2 heterocycles. The second-order valence-corrected chi connectivity index (χ2v) is 7.31. The minimum absolute atomic E-state index is 0.446. The molecule has 3 heteroatoms. The highest BCUT2D eigenvalue weighted by molar-refractivity contribution is 4.88. The first-order valence-electron chi connectivity index (χ1n) is 8.16. The number of nitrogens with zero attached hydrogens (tertiary/aromatic N) is 2. The summed E-state index contributed by atoms with van der Waals surface area (Å²) in [6.45, 7) is 14.7. The van der Waals surface area contributed by atoms with Crippen molar-refractivity contribution in [1.82, 2.24) is 15.1 Å². The number of hydrogen-bond acceptors (Lipinski definition) is 3. The molecule has 0 bridgehead atoms. The van der Waals surface area contributed by atoms with E-state index in [0.717, 1.165) is 12.0 Å². The molecule has 2 aliphatic heterocycles. The third-order valence-corrected chi connectivity index (χ3v) is 5.37. The molecule has 1 N–H and O–H groups in total. The summed E-state index contributed by atoms with van der Waals surface area (Å²) in [5, 5.41) is 3.58. The molecule has 112 valence electrons. The molecule has 0 aromatic carbocycles. The number of hydrogen-bond donors (Lipinski definition) is 1. The van der Waals surface area contributed by atoms with Crippen molar-refractivity contribution < 1.29 is 0 Å². The monoisotopic (exact) mass is 267 g/mol. The third kappa shape index (κ3) is 3.93. The lowest BCUT2D eigenvalue weighted by Gasteiger charge is -2.45. The fourth-order valence-corrected chi connectivity index (χ4v) is 3.82. The smallest absolute Gasteiger partial charge is 0.0218 e. The summed E-state index contributed by atoms with van der Waals surface area (Å²) in [7, 11) is 2.28. The number of likely N-dealkylation sites (N-methyl/N-ethyl adjacent to an activating group) is 1. The number of piperazine rings is 1. The molecule has 2 atom stereocenters. The Hall–Kier alpha value is -0.120. The third-order valence-electron chi connectivity index (χ3n) is 5.37. The van der Waals surface area contributed by atoms with Crippen LogP contribution in [0.25, 0.3) is 0 Å². The number of nitrogens with one attached hydrogen (secondary N) is 1. The Kier molecular flexibility index (Phi) is 5.27. The molecule has 2 rings (SSSR count). The van der Waals surface area contributed by atoms with Gasteiger partial charge < -0.3 is 10.2 Å². The van der Waals surface area contributed by atoms with E-state index in [1.54, 1.807) is 0 Å². The molecule has 0 amide bonds. The molecule has 0 spiro atoms. The van der Waals surface area contributed by atoms with Crippen molar-refractivity contribution in [3.8, 4) is 0 Å². The van der Waals surface area contributed by atoms with Crippen molar-refractivity contribution in [1.29, 1.82) is 0 Å². The van der Waals surface area contributed by atoms with Crippen LogP contribution in [0, 0.1) is 11.3 Å². The van der Waals surface area contributed by atoms with Gasteiger partial charge in [-0.25, -0.2) is 0 Å². The molecular formula is C16H33N3. The second kappa shape index (κ2) is 6.55. The zero-order chi connectivity index (χ0) is 13.9. The summed E-state index contributed by atoms with van der Waals surface area (Å²) in [4.78, 5) is 5.24. The number of rotatable bonds is 4. The second-order valence-electron chi connectivity index (χ2n) is 7.31. The van der Waals surface area contributed by atoms with Gasteiger partial charge in [0.25, 0.3) is 0 Å². The van der Waals surface area contributed by atoms with Crippen LogP contribution < -0.4 is 5.32 Å². The van der Waals surface area contributed by atoms with E-state index in [2.05, 4.69) is 42.9 Å². The average Bonchev–Trinajstić information content (AvgIpc) is 2.42. The van der Waals surface area contributed by atoms with Gasteiger partial charge in [-0.1, -0.05) is 20.8 Å². The minimum atomic E-state index is 0.446. The Morgan fingerprint density at radius 3 is 2.68 bits per heavy atom. The molecule has 0 aromatic heterocycles. The Bertz CT molecular complexity index is 271. The largest absolute Gasteiger partial charge is 0.316 e. The maximum atomic E-state index is 3.58. The SMILES string of the molecule is CCC1CN(CC(C)(C)C2CCCNC2)CCN1C. The molecule has 2 aliphatic rings. The molecule has 0 saturated carbocycles. The highest BCUT2D eigenvalue weighted by Crippen LogP contribution is 2.33. The van der Waals surface area contributed by atoms with Crippen LogP contribution in [0.1, 0.15) is 40.0 Å². The molecule has 2 unspecified atom stereocenters. The normalized spacial score (nSPS) is 31.6. The van der Waals surface area contributed by atoms with Crippen molar-refractivity contribution in [3.63, 3.8) is 0 Å². The van der Waals surface area contributed by atoms with Crippen LogP contribution in [0.2, 0.25) is 0 Å². The molecule has 0 aliphatic carbocycles. The molecular weight excluding hydrogens is 234 g/mol. The van der Waals surface area contributed by atoms with E-state index >= 15 is 0 Å². The predicted octanol–water partition coefficient (Wildman–Crippen LogP) is 2.04. The van der Waals surface area contributed by atoms with Crippen LogP contribution in [0.3, 0.4) is 0 Å². The first-order chi connectivity index (χ1) is 9.03. The van der Waals surface area contributed by atoms with Crippen LogP contribution in [0.4, 0.5) is 0 Å². The lowest BCUT2D eigenvalue weighted by atomic mass is 9.74. The predicted molar refractivity (Wildman–Crippen MR) is 82.5 cm³/mol. The maximum absolute atomic E-state index is 3.58. The maximum Gasteiger partial charge on any atom is 0.0218 e. The van der Waals surface area contributed by atoms with Gasteiger partial charge in [-0.15, -0.1) is 0 Å². The van der Waals surface area contributed by atoms with Gasteiger partial charge in [0.05, 0.1) is 0 Å². The van der Waals surface area contributed by atoms with Gasteiger partial charge in [-0.05, 0) is 50.7 Å². The zero-order valence-electron chi connectivity index (χ0n) is 13.4. The summed E-state index contributed by atoms with van der Waals surface area (Å²) >= 11 is 0. The Morgan fingerprint density at radius 1 is 1.26 bits per heavy atom. The summed E-state index contributed by atoms with van der Waals surface area (Å²) in [6, 6.07) is 0.758. The van der Waals surface area contributed by atoms with Gasteiger partial charge in [-0.3, -0.25) is 4.90 Å². The minimum Gasteiger partial charge on any atom is -0.316 e. The van der Waals surface area contributed by atoms with Gasteiger partial charge in [0, 0.05) is 32.2 Å². The molecule has 3 nitrogen and oxygen atoms in total. The standard InChI is InChI=1S/C16H33N3/c1-5-15-12-19(10-9-18(15)4)13-16(2,3)14-7-6-8-17-11-14/h14-15,17H,5-13H2,1-4H3. The first-order valence-corrected chi connectivity index (χ1v) is 8.16. The fraction of sp³-hybridized carbons (Fsp3) is 1.00. The van der Waals surface area contributed by atoms with Crippen molar-refractivity contribution in [2.75, 3.05) is 46.3 Å². The lowest BCUT2D eigenvalue weighted by molar-refractivity contribution is 0.0410. The van der Waals surface area contributed by atoms with Crippen molar-refractivity contribution >= 4 is 0 Å². The number of piperidine rings is 1. The van der Waals surface area contributed by atoms with Crippen LogP contribution in [-0.4, -0.2) is 62.2 Å². The van der Waals surface area contributed by atoms with E-state index in [0.29, 0.717) is 5.41 Å². The molecule has 0 radical (unpaired) electrons. The van der Waals surface area contributed by atoms with Crippen LogP contribution in [0.5, 0.6) is 0 Å². The van der Waals surface area contributed by atoms with Crippen LogP contribution in [-0.2, 0) is 0 Å². The van der Waals surface area contributed by atoms with Gasteiger partial charge in [0.2, 0.25) is 0 Å². The summed E-state index contributed by atoms with van der Waals surface area (Å²) in [5.74, 6) is 0.848. The van der Waals surface area contributed by atoms with Crippen molar-refractivity contribution in [3.05, 3.63) is 0 Å². The molecule has 0 aromatic rings. The fourth-order valence-electron chi connectivity index (χ4n) is 3.82. The molecule has 2 saturated heterocycles. The Labute approximate surface area is 119 Å². The average molecular weight is 267 g/mol. The molecule has 19 heavy (non-hydrogen) atoms. The van der Waals surface area contributed by atoms with E-state index in [-0.39, 0.29) is 0 Å². The topological polar surface area (TPSA) is 18.5 Å². The van der Waals surface area contributed by atoms with E-state index in [1.807, 2.05) is 0 Å².